The van der Waals surface area contributed by atoms with Crippen LogP contribution in [0.15, 0.2) is 18.2 Å². The van der Waals surface area contributed by atoms with E-state index in [2.05, 4.69) is 5.32 Å². The number of carboxylic acid groups (broad SMARTS) is 1. The molecule has 1 saturated heterocycles. The van der Waals surface area contributed by atoms with Gasteiger partial charge in [0, 0.05) is 18.8 Å². The van der Waals surface area contributed by atoms with E-state index in [9.17, 15) is 22.8 Å². The lowest BCUT2D eigenvalue weighted by molar-refractivity contribution is -0.188. The standard InChI is InChI=1S/C17H21F3N2O3/c1-9-4-10(2)6-12(5-9)21-15(23)11(3)22-7-13(16(24)25)14(8-22)17(18,19)20/h4-6,11,13-14H,7-8H2,1-3H3,(H,21,23)(H,24,25)/t11?,13-,14-/m1/s1. The van der Waals surface area contributed by atoms with Gasteiger partial charge < -0.3 is 10.4 Å². The van der Waals surface area contributed by atoms with E-state index in [0.717, 1.165) is 11.1 Å². The number of hydrogen-bond acceptors (Lipinski definition) is 3. The molecule has 25 heavy (non-hydrogen) atoms. The molecular weight excluding hydrogens is 337 g/mol. The molecule has 0 aliphatic carbocycles. The second-order valence-electron chi connectivity index (χ2n) is 6.59. The fraction of sp³-hybridized carbons (Fsp3) is 0.529. The highest BCUT2D eigenvalue weighted by molar-refractivity contribution is 5.94. The molecule has 1 aromatic rings. The monoisotopic (exact) mass is 358 g/mol. The summed E-state index contributed by atoms with van der Waals surface area (Å²) in [6, 6.07) is 4.60. The smallest absolute Gasteiger partial charge is 0.393 e. The predicted octanol–water partition coefficient (Wildman–Crippen LogP) is 2.83. The molecule has 2 rings (SSSR count). The number of aryl methyl sites for hydroxylation is 2. The Balaban J connectivity index is 2.10. The second kappa shape index (κ2) is 7.03. The minimum absolute atomic E-state index is 0.305. The normalized spacial score (nSPS) is 22.6. The Labute approximate surface area is 143 Å². The highest BCUT2D eigenvalue weighted by Crippen LogP contribution is 2.38. The van der Waals surface area contributed by atoms with Crippen molar-refractivity contribution in [2.45, 2.75) is 33.0 Å². The van der Waals surface area contributed by atoms with Crippen molar-refractivity contribution in [3.8, 4) is 0 Å². The van der Waals surface area contributed by atoms with Crippen LogP contribution in [0, 0.1) is 25.7 Å². The Morgan fingerprint density at radius 3 is 2.20 bits per heavy atom. The molecule has 0 bridgehead atoms. The lowest BCUT2D eigenvalue weighted by atomic mass is 9.96. The van der Waals surface area contributed by atoms with Crippen molar-refractivity contribution in [2.75, 3.05) is 18.4 Å². The van der Waals surface area contributed by atoms with Crippen LogP contribution >= 0.6 is 0 Å². The topological polar surface area (TPSA) is 69.6 Å². The Kier molecular flexibility index (Phi) is 5.41. The van der Waals surface area contributed by atoms with Crippen molar-refractivity contribution in [3.05, 3.63) is 29.3 Å². The largest absolute Gasteiger partial charge is 0.481 e. The van der Waals surface area contributed by atoms with Gasteiger partial charge in [-0.2, -0.15) is 13.2 Å². The van der Waals surface area contributed by atoms with Gasteiger partial charge in [0.1, 0.15) is 0 Å². The first-order chi connectivity index (χ1) is 11.5. The molecule has 138 valence electrons. The van der Waals surface area contributed by atoms with Crippen LogP contribution in [0.4, 0.5) is 18.9 Å². The number of anilines is 1. The van der Waals surface area contributed by atoms with Crippen molar-refractivity contribution >= 4 is 17.6 Å². The number of aliphatic carboxylic acids is 1. The molecule has 1 fully saturated rings. The molecule has 3 atom stereocenters. The Morgan fingerprint density at radius 2 is 1.76 bits per heavy atom. The van der Waals surface area contributed by atoms with Crippen LogP contribution < -0.4 is 5.32 Å². The van der Waals surface area contributed by atoms with Crippen LogP contribution in [0.1, 0.15) is 18.1 Å². The zero-order chi connectivity index (χ0) is 18.9. The van der Waals surface area contributed by atoms with E-state index in [1.807, 2.05) is 19.9 Å². The van der Waals surface area contributed by atoms with Crippen molar-refractivity contribution in [3.63, 3.8) is 0 Å². The number of carbonyl (C=O) groups excluding carboxylic acids is 1. The van der Waals surface area contributed by atoms with Gasteiger partial charge in [-0.3, -0.25) is 14.5 Å². The minimum Gasteiger partial charge on any atom is -0.481 e. The Hall–Kier alpha value is -2.09. The van der Waals surface area contributed by atoms with Gasteiger partial charge in [0.2, 0.25) is 5.91 Å². The lowest BCUT2D eigenvalue weighted by Gasteiger charge is -2.24. The molecule has 1 amide bonds. The summed E-state index contributed by atoms with van der Waals surface area (Å²) in [5.74, 6) is -5.48. The van der Waals surface area contributed by atoms with Gasteiger partial charge in [-0.15, -0.1) is 0 Å². The number of likely N-dealkylation sites (tertiary alicyclic amines) is 1. The van der Waals surface area contributed by atoms with Crippen molar-refractivity contribution < 1.29 is 27.9 Å². The molecule has 1 heterocycles. The SMILES string of the molecule is Cc1cc(C)cc(NC(=O)C(C)N2C[C@@H](C(F)(F)F)[C@H](C(=O)O)C2)c1. The van der Waals surface area contributed by atoms with Crippen LogP contribution in [-0.4, -0.2) is 47.2 Å². The number of amides is 1. The number of carboxylic acids is 1. The van der Waals surface area contributed by atoms with Gasteiger partial charge >= 0.3 is 12.1 Å². The van der Waals surface area contributed by atoms with Crippen LogP contribution in [0.2, 0.25) is 0 Å². The van der Waals surface area contributed by atoms with Gasteiger partial charge in [-0.05, 0) is 44.0 Å². The molecule has 0 radical (unpaired) electrons. The van der Waals surface area contributed by atoms with Crippen LogP contribution in [0.3, 0.4) is 0 Å². The van der Waals surface area contributed by atoms with E-state index in [1.165, 1.54) is 11.8 Å². The van der Waals surface area contributed by atoms with E-state index in [4.69, 9.17) is 5.11 Å². The average molecular weight is 358 g/mol. The molecule has 8 heteroatoms. The Bertz CT molecular complexity index is 655. The fourth-order valence-corrected chi connectivity index (χ4v) is 3.19. The molecule has 1 aliphatic heterocycles. The van der Waals surface area contributed by atoms with Gasteiger partial charge in [-0.1, -0.05) is 6.07 Å². The maximum absolute atomic E-state index is 13.1. The number of benzene rings is 1. The van der Waals surface area contributed by atoms with Crippen molar-refractivity contribution in [2.24, 2.45) is 11.8 Å². The first kappa shape index (κ1) is 19.2. The summed E-state index contributed by atoms with van der Waals surface area (Å²) in [5.41, 5.74) is 2.47. The van der Waals surface area contributed by atoms with Gasteiger partial charge in [0.15, 0.2) is 0 Å². The molecule has 0 spiro atoms. The summed E-state index contributed by atoms with van der Waals surface area (Å²) in [6.45, 7) is 4.42. The van der Waals surface area contributed by atoms with E-state index in [-0.39, 0.29) is 6.54 Å². The highest BCUT2D eigenvalue weighted by atomic mass is 19.4. The van der Waals surface area contributed by atoms with E-state index >= 15 is 0 Å². The third kappa shape index (κ3) is 4.50. The summed E-state index contributed by atoms with van der Waals surface area (Å²) < 4.78 is 39.2. The quantitative estimate of drug-likeness (QED) is 0.868. The third-order valence-electron chi connectivity index (χ3n) is 4.50. The summed E-state index contributed by atoms with van der Waals surface area (Å²) in [7, 11) is 0. The van der Waals surface area contributed by atoms with Gasteiger partial charge in [-0.25, -0.2) is 0 Å². The first-order valence-electron chi connectivity index (χ1n) is 7.91. The highest BCUT2D eigenvalue weighted by Gasteiger charge is 2.53. The predicted molar refractivity (Wildman–Crippen MR) is 86.3 cm³/mol. The molecule has 2 N–H and O–H groups in total. The maximum atomic E-state index is 13.1. The maximum Gasteiger partial charge on any atom is 0.393 e. The number of alkyl halides is 3. The molecule has 1 unspecified atom stereocenters. The summed E-state index contributed by atoms with van der Waals surface area (Å²) in [4.78, 5) is 24.8. The fourth-order valence-electron chi connectivity index (χ4n) is 3.19. The van der Waals surface area contributed by atoms with Gasteiger partial charge in [0.25, 0.3) is 0 Å². The van der Waals surface area contributed by atoms with Crippen LogP contribution in [-0.2, 0) is 9.59 Å². The summed E-state index contributed by atoms with van der Waals surface area (Å²) in [5, 5.41) is 11.7. The van der Waals surface area contributed by atoms with Crippen molar-refractivity contribution in [1.82, 2.24) is 4.90 Å². The van der Waals surface area contributed by atoms with Crippen molar-refractivity contribution in [1.29, 1.82) is 0 Å². The van der Waals surface area contributed by atoms with E-state index in [0.29, 0.717) is 5.69 Å². The summed E-state index contributed by atoms with van der Waals surface area (Å²) >= 11 is 0. The van der Waals surface area contributed by atoms with E-state index < -0.39 is 42.5 Å². The molecule has 1 aliphatic rings. The Morgan fingerprint density at radius 1 is 1.20 bits per heavy atom. The lowest BCUT2D eigenvalue weighted by Crippen LogP contribution is -2.41. The number of halogens is 3. The molecule has 0 aromatic heterocycles. The zero-order valence-electron chi connectivity index (χ0n) is 14.2. The number of hydrogen-bond donors (Lipinski definition) is 2. The molecule has 1 aromatic carbocycles. The number of nitrogens with zero attached hydrogens (tertiary/aromatic N) is 1. The number of carbonyl (C=O) groups is 2. The molecule has 5 nitrogen and oxygen atoms in total. The number of rotatable bonds is 4. The first-order valence-corrected chi connectivity index (χ1v) is 7.91. The molecular formula is C17H21F3N2O3. The average Bonchev–Trinajstić information content (AvgIpc) is 2.90. The zero-order valence-corrected chi connectivity index (χ0v) is 14.2. The minimum atomic E-state index is -4.61. The molecule has 0 saturated carbocycles. The van der Waals surface area contributed by atoms with E-state index in [1.54, 1.807) is 12.1 Å². The summed E-state index contributed by atoms with van der Waals surface area (Å²) in [6.07, 6.45) is -4.61. The van der Waals surface area contributed by atoms with Crippen LogP contribution in [0.25, 0.3) is 0 Å². The number of nitrogens with one attached hydrogen (secondary N) is 1. The third-order valence-corrected chi connectivity index (χ3v) is 4.50. The van der Waals surface area contributed by atoms with Gasteiger partial charge in [0.05, 0.1) is 17.9 Å². The second-order valence-corrected chi connectivity index (χ2v) is 6.59. The van der Waals surface area contributed by atoms with Crippen LogP contribution in [0.5, 0.6) is 0 Å².